The first-order valence-corrected chi connectivity index (χ1v) is 15.7. The molecule has 0 aliphatic carbocycles. The zero-order chi connectivity index (χ0) is 27.8. The lowest BCUT2D eigenvalue weighted by molar-refractivity contribution is 0.0562. The normalized spacial score (nSPS) is 20.0. The zero-order valence-electron chi connectivity index (χ0n) is 23.2. The Morgan fingerprint density at radius 3 is 1.36 bits per heavy atom. The third-order valence-electron chi connectivity index (χ3n) is 7.84. The quantitative estimate of drug-likeness (QED) is 0.407. The van der Waals surface area contributed by atoms with Crippen LogP contribution in [0.4, 0.5) is 0 Å². The molecule has 0 radical (unpaired) electrons. The van der Waals surface area contributed by atoms with Crippen LogP contribution < -0.4 is 9.47 Å². The largest absolute Gasteiger partial charge is 0.491 e. The van der Waals surface area contributed by atoms with E-state index in [0.717, 1.165) is 63.7 Å². The molecule has 2 aromatic rings. The van der Waals surface area contributed by atoms with Crippen molar-refractivity contribution in [2.24, 2.45) is 11.8 Å². The molecule has 2 saturated heterocycles. The third-order valence-corrected chi connectivity index (χ3v) is 9.63. The molecule has 2 aliphatic rings. The van der Waals surface area contributed by atoms with E-state index < -0.39 is 22.0 Å². The lowest BCUT2D eigenvalue weighted by Gasteiger charge is -2.31. The molecule has 0 bridgehead atoms. The number of rotatable bonds is 12. The second-order valence-corrected chi connectivity index (χ2v) is 13.3. The second kappa shape index (κ2) is 13.9. The lowest BCUT2D eigenvalue weighted by atomic mass is 9.99. The Balaban J connectivity index is 1.23. The number of sulfone groups is 1. The van der Waals surface area contributed by atoms with Gasteiger partial charge >= 0.3 is 0 Å². The smallest absolute Gasteiger partial charge is 0.206 e. The molecule has 2 heterocycles. The first kappa shape index (κ1) is 29.8. The highest BCUT2D eigenvalue weighted by Crippen LogP contribution is 2.25. The fourth-order valence-electron chi connectivity index (χ4n) is 5.14. The molecule has 0 spiro atoms. The summed E-state index contributed by atoms with van der Waals surface area (Å²) in [6.45, 7) is 9.99. The maximum atomic E-state index is 13.1. The van der Waals surface area contributed by atoms with Gasteiger partial charge in [-0.25, -0.2) is 8.42 Å². The van der Waals surface area contributed by atoms with Gasteiger partial charge in [-0.2, -0.15) is 0 Å². The van der Waals surface area contributed by atoms with Gasteiger partial charge in [-0.3, -0.25) is 0 Å². The zero-order valence-corrected chi connectivity index (χ0v) is 24.1. The van der Waals surface area contributed by atoms with Crippen molar-refractivity contribution in [3.63, 3.8) is 0 Å². The van der Waals surface area contributed by atoms with Gasteiger partial charge in [-0.15, -0.1) is 0 Å². The number of hydrogen-bond donors (Lipinski definition) is 2. The Labute approximate surface area is 233 Å². The summed E-state index contributed by atoms with van der Waals surface area (Å²) >= 11 is 0. The van der Waals surface area contributed by atoms with Crippen LogP contribution in [0.2, 0.25) is 0 Å². The summed E-state index contributed by atoms with van der Waals surface area (Å²) in [5.41, 5.74) is 0. The Hall–Kier alpha value is -2.17. The van der Waals surface area contributed by atoms with Crippen LogP contribution in [0, 0.1) is 11.8 Å². The average molecular weight is 561 g/mol. The van der Waals surface area contributed by atoms with Crippen molar-refractivity contribution in [1.29, 1.82) is 0 Å². The van der Waals surface area contributed by atoms with Crippen molar-refractivity contribution in [2.75, 3.05) is 52.5 Å². The van der Waals surface area contributed by atoms with Crippen molar-refractivity contribution >= 4 is 9.84 Å². The van der Waals surface area contributed by atoms with Crippen LogP contribution in [0.25, 0.3) is 0 Å². The molecule has 2 aliphatic heterocycles. The summed E-state index contributed by atoms with van der Waals surface area (Å²) in [5.74, 6) is 2.52. The van der Waals surface area contributed by atoms with Gasteiger partial charge < -0.3 is 29.5 Å². The average Bonchev–Trinajstić information content (AvgIpc) is 2.94. The Morgan fingerprint density at radius 2 is 1.03 bits per heavy atom. The van der Waals surface area contributed by atoms with Crippen molar-refractivity contribution in [2.45, 2.75) is 61.5 Å². The van der Waals surface area contributed by atoms with E-state index in [-0.39, 0.29) is 23.0 Å². The first-order valence-electron chi connectivity index (χ1n) is 14.2. The van der Waals surface area contributed by atoms with Crippen LogP contribution in [0.15, 0.2) is 58.3 Å². The van der Waals surface area contributed by atoms with Gasteiger partial charge in [0.05, 0.1) is 9.79 Å². The van der Waals surface area contributed by atoms with E-state index in [1.807, 2.05) is 0 Å². The molecule has 8 nitrogen and oxygen atoms in total. The minimum absolute atomic E-state index is 0.158. The highest BCUT2D eigenvalue weighted by molar-refractivity contribution is 7.91. The summed E-state index contributed by atoms with van der Waals surface area (Å²) in [6, 6.07) is 12.5. The number of nitrogens with zero attached hydrogens (tertiary/aromatic N) is 2. The molecule has 4 rings (SSSR count). The van der Waals surface area contributed by atoms with Crippen LogP contribution >= 0.6 is 0 Å². The highest BCUT2D eigenvalue weighted by atomic mass is 32.2. The Morgan fingerprint density at radius 1 is 0.692 bits per heavy atom. The topological polar surface area (TPSA) is 99.5 Å². The van der Waals surface area contributed by atoms with Gasteiger partial charge in [0.25, 0.3) is 0 Å². The van der Waals surface area contributed by atoms with Crippen LogP contribution in [0.3, 0.4) is 0 Å². The predicted octanol–water partition coefficient (Wildman–Crippen LogP) is 3.46. The molecule has 216 valence electrons. The predicted molar refractivity (Wildman–Crippen MR) is 151 cm³/mol. The van der Waals surface area contributed by atoms with E-state index in [4.69, 9.17) is 9.47 Å². The summed E-state index contributed by atoms with van der Waals surface area (Å²) in [5, 5.41) is 20.7. The summed E-state index contributed by atoms with van der Waals surface area (Å²) in [6.07, 6.45) is 3.41. The van der Waals surface area contributed by atoms with Gasteiger partial charge in [-0.1, -0.05) is 13.8 Å². The van der Waals surface area contributed by atoms with E-state index in [2.05, 4.69) is 23.6 Å². The van der Waals surface area contributed by atoms with E-state index in [1.165, 1.54) is 24.3 Å². The number of benzene rings is 2. The second-order valence-electron chi connectivity index (χ2n) is 11.3. The third kappa shape index (κ3) is 8.91. The summed E-state index contributed by atoms with van der Waals surface area (Å²) < 4.78 is 37.6. The molecule has 0 saturated carbocycles. The van der Waals surface area contributed by atoms with E-state index in [1.54, 1.807) is 24.3 Å². The van der Waals surface area contributed by atoms with Gasteiger partial charge in [0, 0.05) is 13.1 Å². The van der Waals surface area contributed by atoms with Gasteiger partial charge in [-0.05, 0) is 112 Å². The molecule has 2 aromatic carbocycles. The molecular formula is C30H44N2O6S. The van der Waals surface area contributed by atoms with Crippen LogP contribution in [0.5, 0.6) is 11.5 Å². The number of hydrogen-bond acceptors (Lipinski definition) is 8. The molecular weight excluding hydrogens is 516 g/mol. The molecule has 9 heteroatoms. The van der Waals surface area contributed by atoms with Crippen molar-refractivity contribution in [3.05, 3.63) is 48.5 Å². The fourth-order valence-corrected chi connectivity index (χ4v) is 6.40. The number of aliphatic hydroxyl groups is 2. The minimum atomic E-state index is -3.71. The van der Waals surface area contributed by atoms with Crippen LogP contribution in [-0.4, -0.2) is 93.1 Å². The van der Waals surface area contributed by atoms with Gasteiger partial charge in [0.15, 0.2) is 0 Å². The standard InChI is InChI=1S/C30H44N2O6S/c1-23-11-15-31(16-12-23)19-25(33)21-37-27-3-7-29(8-4-27)39(35,36)30-9-5-28(6-10-30)38-22-26(34)20-32-17-13-24(2)14-18-32/h3-10,23-26,33-34H,11-22H2,1-2H3/t25-,26-/m1/s1. The van der Waals surface area contributed by atoms with Crippen LogP contribution in [0.1, 0.15) is 39.5 Å². The van der Waals surface area contributed by atoms with Crippen molar-refractivity contribution < 1.29 is 28.1 Å². The molecule has 0 unspecified atom stereocenters. The monoisotopic (exact) mass is 560 g/mol. The number of β-amino-alcohol motifs (C(OH)–C–C–N with tert-alkyl or cyclic N) is 2. The van der Waals surface area contributed by atoms with Crippen molar-refractivity contribution in [1.82, 2.24) is 9.80 Å². The molecule has 0 aromatic heterocycles. The number of piperidine rings is 2. The minimum Gasteiger partial charge on any atom is -0.491 e. The van der Waals surface area contributed by atoms with Crippen LogP contribution in [-0.2, 0) is 9.84 Å². The van der Waals surface area contributed by atoms with Gasteiger partial charge in [0.1, 0.15) is 36.9 Å². The van der Waals surface area contributed by atoms with E-state index >= 15 is 0 Å². The number of aliphatic hydroxyl groups excluding tert-OH is 2. The van der Waals surface area contributed by atoms with Gasteiger partial charge in [0.2, 0.25) is 9.84 Å². The Bertz CT molecular complexity index is 1030. The number of ether oxygens (including phenoxy) is 2. The highest BCUT2D eigenvalue weighted by Gasteiger charge is 2.21. The maximum absolute atomic E-state index is 13.1. The fraction of sp³-hybridized carbons (Fsp3) is 0.600. The SMILES string of the molecule is CC1CCN(C[C@@H](O)COc2ccc(S(=O)(=O)c3ccc(OC[C@H](O)CN4CCC(C)CC4)cc3)cc2)CC1. The van der Waals surface area contributed by atoms with E-state index in [0.29, 0.717) is 24.6 Å². The number of likely N-dealkylation sites (tertiary alicyclic amines) is 2. The molecule has 2 atom stereocenters. The Kier molecular flexibility index (Phi) is 10.7. The lowest BCUT2D eigenvalue weighted by Crippen LogP contribution is -2.40. The maximum Gasteiger partial charge on any atom is 0.206 e. The van der Waals surface area contributed by atoms with Crippen molar-refractivity contribution in [3.8, 4) is 11.5 Å². The summed E-state index contributed by atoms with van der Waals surface area (Å²) in [7, 11) is -3.71. The van der Waals surface area contributed by atoms with E-state index in [9.17, 15) is 18.6 Å². The molecule has 0 amide bonds. The first-order chi connectivity index (χ1) is 18.7. The summed E-state index contributed by atoms with van der Waals surface area (Å²) in [4.78, 5) is 4.85. The molecule has 2 fully saturated rings. The molecule has 39 heavy (non-hydrogen) atoms. The molecule has 2 N–H and O–H groups in total.